The summed E-state index contributed by atoms with van der Waals surface area (Å²) < 4.78 is 8.11. The van der Waals surface area contributed by atoms with Gasteiger partial charge in [-0.15, -0.1) is 0 Å². The lowest BCUT2D eigenvalue weighted by atomic mass is 9.70. The summed E-state index contributed by atoms with van der Waals surface area (Å²) in [6, 6.07) is 8.93. The second-order valence-corrected chi connectivity index (χ2v) is 17.6. The van der Waals surface area contributed by atoms with E-state index < -0.39 is 23.5 Å². The molecule has 0 radical (unpaired) electrons. The van der Waals surface area contributed by atoms with Crippen LogP contribution in [0.2, 0.25) is 0 Å². The fourth-order valence-corrected chi connectivity index (χ4v) is 9.35. The van der Waals surface area contributed by atoms with Crippen LogP contribution in [0.25, 0.3) is 0 Å². The normalized spacial score (nSPS) is 24.5. The number of aromatic nitrogens is 2. The molecule has 2 saturated carbocycles. The van der Waals surface area contributed by atoms with Crippen LogP contribution in [0.15, 0.2) is 42.7 Å². The highest BCUT2D eigenvalue weighted by atomic mass is 16.5. The summed E-state index contributed by atoms with van der Waals surface area (Å²) in [4.78, 5) is 73.9. The minimum atomic E-state index is -0.959. The SMILES string of the molecule is C[C@@H](OCC1CCCCC1)[C@H](NC(=O)[C@@H]1CN(C(=O)c2cnn(Cc3ccccc3)c2)CC12CN(C(=O)[C@H]1CC1(C)C)C2)C(=O)N1CCC(C(=O)NN)CC1. The van der Waals surface area contributed by atoms with Crippen molar-refractivity contribution in [1.29, 1.82) is 0 Å². The summed E-state index contributed by atoms with van der Waals surface area (Å²) >= 11 is 0. The van der Waals surface area contributed by atoms with Gasteiger partial charge in [0.1, 0.15) is 6.04 Å². The Morgan fingerprint density at radius 3 is 2.24 bits per heavy atom. The topological polar surface area (TPSA) is 172 Å². The molecule has 1 aromatic heterocycles. The van der Waals surface area contributed by atoms with Crippen molar-refractivity contribution in [3.63, 3.8) is 0 Å². The first-order valence-electron chi connectivity index (χ1n) is 20.2. The minimum absolute atomic E-state index is 0.0296. The molecule has 0 bridgehead atoms. The van der Waals surface area contributed by atoms with Crippen LogP contribution in [0, 0.1) is 34.5 Å². The Bertz CT molecular complexity index is 1730. The maximum absolute atomic E-state index is 14.6. The summed E-state index contributed by atoms with van der Waals surface area (Å²) in [6.07, 6.45) is 10.2. The van der Waals surface area contributed by atoms with Crippen molar-refractivity contribution >= 4 is 29.5 Å². The van der Waals surface area contributed by atoms with Crippen LogP contribution in [-0.2, 0) is 30.5 Å². The summed E-state index contributed by atoms with van der Waals surface area (Å²) in [7, 11) is 0. The number of amides is 5. The molecule has 5 fully saturated rings. The number of hydrogen-bond donors (Lipinski definition) is 3. The van der Waals surface area contributed by atoms with E-state index in [1.165, 1.54) is 6.42 Å². The molecular weight excluding hydrogens is 701 g/mol. The van der Waals surface area contributed by atoms with Crippen LogP contribution in [0.3, 0.4) is 0 Å². The van der Waals surface area contributed by atoms with Crippen molar-refractivity contribution in [2.24, 2.45) is 40.3 Å². The average molecular weight is 759 g/mol. The van der Waals surface area contributed by atoms with Gasteiger partial charge in [-0.25, -0.2) is 5.84 Å². The van der Waals surface area contributed by atoms with E-state index in [-0.39, 0.29) is 53.3 Å². The van der Waals surface area contributed by atoms with Gasteiger partial charge in [0.15, 0.2) is 0 Å². The van der Waals surface area contributed by atoms with Gasteiger partial charge in [-0.3, -0.25) is 34.1 Å². The predicted octanol–water partition coefficient (Wildman–Crippen LogP) is 2.58. The lowest BCUT2D eigenvalue weighted by Crippen LogP contribution is -2.65. The first-order chi connectivity index (χ1) is 26.4. The maximum Gasteiger partial charge on any atom is 0.257 e. The van der Waals surface area contributed by atoms with Gasteiger partial charge in [0.05, 0.1) is 30.3 Å². The van der Waals surface area contributed by atoms with Crippen LogP contribution in [0.5, 0.6) is 0 Å². The number of nitrogens with two attached hydrogens (primary N) is 1. The highest BCUT2D eigenvalue weighted by molar-refractivity contribution is 5.96. The standard InChI is InChI=1S/C41H58N8O6/c1-27(55-23-29-12-8-5-9-13-29)34(39(54)46-16-14-30(15-17-46)35(50)45-42)44-36(51)33-22-47(24-41(33)25-48(26-41)38(53)32-18-40(32,2)3)37(52)31-19-43-49(21-31)20-28-10-6-4-7-11-28/h4,6-7,10-11,19,21,27,29-30,32-34H,5,8-9,12-18,20,22-26,42H2,1-3H3,(H,44,51)(H,45,50)/t27-,32-,33+,34+/m1/s1. The van der Waals surface area contributed by atoms with Gasteiger partial charge >= 0.3 is 0 Å². The molecule has 2 aliphatic carbocycles. The van der Waals surface area contributed by atoms with Gasteiger partial charge in [0.2, 0.25) is 23.6 Å². The number of hydrazine groups is 1. The highest BCUT2D eigenvalue weighted by Crippen LogP contribution is 2.54. The number of piperidine rings is 1. The number of carbonyl (C=O) groups is 5. The highest BCUT2D eigenvalue weighted by Gasteiger charge is 2.62. The van der Waals surface area contributed by atoms with Gasteiger partial charge < -0.3 is 24.8 Å². The Kier molecular flexibility index (Phi) is 11.4. The number of likely N-dealkylation sites (tertiary alicyclic amines) is 3. The summed E-state index contributed by atoms with van der Waals surface area (Å²) in [5, 5.41) is 7.57. The summed E-state index contributed by atoms with van der Waals surface area (Å²) in [5.74, 6) is 3.92. The number of rotatable bonds is 12. The largest absolute Gasteiger partial charge is 0.376 e. The van der Waals surface area contributed by atoms with E-state index in [2.05, 4.69) is 29.7 Å². The molecule has 5 amide bonds. The van der Waals surface area contributed by atoms with E-state index in [1.807, 2.05) is 42.2 Å². The third-order valence-corrected chi connectivity index (χ3v) is 13.1. The lowest BCUT2D eigenvalue weighted by molar-refractivity contribution is -0.153. The number of ether oxygens (including phenoxy) is 1. The van der Waals surface area contributed by atoms with Gasteiger partial charge in [-0.2, -0.15) is 5.10 Å². The van der Waals surface area contributed by atoms with Crippen molar-refractivity contribution < 1.29 is 28.7 Å². The third-order valence-electron chi connectivity index (χ3n) is 13.1. The van der Waals surface area contributed by atoms with E-state index in [1.54, 1.807) is 26.9 Å². The Labute approximate surface area is 323 Å². The van der Waals surface area contributed by atoms with E-state index in [0.29, 0.717) is 70.2 Å². The molecule has 14 heteroatoms. The van der Waals surface area contributed by atoms with E-state index in [4.69, 9.17) is 10.6 Å². The second-order valence-electron chi connectivity index (χ2n) is 17.6. The van der Waals surface area contributed by atoms with Crippen LogP contribution in [0.1, 0.15) is 88.1 Å². The molecule has 1 aromatic carbocycles. The number of hydrogen-bond acceptors (Lipinski definition) is 8. The molecule has 298 valence electrons. The fourth-order valence-electron chi connectivity index (χ4n) is 9.35. The zero-order valence-electron chi connectivity index (χ0n) is 32.6. The molecule has 3 saturated heterocycles. The zero-order chi connectivity index (χ0) is 38.9. The first-order valence-corrected chi connectivity index (χ1v) is 20.2. The minimum Gasteiger partial charge on any atom is -0.376 e. The Morgan fingerprint density at radius 1 is 0.909 bits per heavy atom. The lowest BCUT2D eigenvalue weighted by Gasteiger charge is -2.50. The molecule has 1 spiro atoms. The number of carbonyl (C=O) groups excluding carboxylic acids is 5. The molecule has 5 aliphatic rings. The number of benzene rings is 1. The number of nitrogens with zero attached hydrogens (tertiary/aromatic N) is 5. The van der Waals surface area contributed by atoms with E-state index in [0.717, 1.165) is 37.7 Å². The first kappa shape index (κ1) is 39.0. The predicted molar refractivity (Wildman–Crippen MR) is 204 cm³/mol. The third kappa shape index (κ3) is 8.45. The fraction of sp³-hybridized carbons (Fsp3) is 0.659. The molecule has 2 aromatic rings. The smallest absolute Gasteiger partial charge is 0.257 e. The molecular formula is C41H58N8O6. The molecule has 4 heterocycles. The summed E-state index contributed by atoms with van der Waals surface area (Å²) in [6.45, 7) is 9.01. The molecule has 3 aliphatic heterocycles. The monoisotopic (exact) mass is 758 g/mol. The second kappa shape index (κ2) is 16.0. The van der Waals surface area contributed by atoms with Gasteiger partial charge in [-0.1, -0.05) is 63.4 Å². The van der Waals surface area contributed by atoms with E-state index >= 15 is 0 Å². The van der Waals surface area contributed by atoms with Crippen molar-refractivity contribution in [3.8, 4) is 0 Å². The molecule has 0 unspecified atom stereocenters. The Balaban J connectivity index is 1.08. The van der Waals surface area contributed by atoms with Gasteiger partial charge in [-0.05, 0) is 55.9 Å². The van der Waals surface area contributed by atoms with Gasteiger partial charge in [0, 0.05) is 69.3 Å². The average Bonchev–Trinajstić information content (AvgIpc) is 3.47. The maximum atomic E-state index is 14.6. The van der Waals surface area contributed by atoms with Crippen molar-refractivity contribution in [3.05, 3.63) is 53.9 Å². The quantitative estimate of drug-likeness (QED) is 0.169. The van der Waals surface area contributed by atoms with Gasteiger partial charge in [0.25, 0.3) is 5.91 Å². The Morgan fingerprint density at radius 2 is 1.58 bits per heavy atom. The van der Waals surface area contributed by atoms with E-state index in [9.17, 15) is 24.0 Å². The van der Waals surface area contributed by atoms with Crippen molar-refractivity contribution in [2.75, 3.05) is 45.9 Å². The van der Waals surface area contributed by atoms with Crippen LogP contribution in [0.4, 0.5) is 0 Å². The zero-order valence-corrected chi connectivity index (χ0v) is 32.6. The van der Waals surface area contributed by atoms with Crippen molar-refractivity contribution in [2.45, 2.75) is 90.8 Å². The van der Waals surface area contributed by atoms with Crippen molar-refractivity contribution in [1.82, 2.24) is 35.2 Å². The van der Waals surface area contributed by atoms with Crippen LogP contribution >= 0.6 is 0 Å². The van der Waals surface area contributed by atoms with Crippen LogP contribution in [-0.4, -0.2) is 112 Å². The molecule has 14 nitrogen and oxygen atoms in total. The summed E-state index contributed by atoms with van der Waals surface area (Å²) in [5.41, 5.74) is 3.04. The molecule has 55 heavy (non-hydrogen) atoms. The molecule has 7 rings (SSSR count). The Hall–Kier alpha value is -4.30. The molecule has 4 N–H and O–H groups in total. The van der Waals surface area contributed by atoms with Crippen LogP contribution < -0.4 is 16.6 Å². The number of nitrogens with one attached hydrogen (secondary N) is 2. The molecule has 4 atom stereocenters.